The van der Waals surface area contributed by atoms with Crippen molar-refractivity contribution in [2.24, 2.45) is 5.92 Å². The minimum absolute atomic E-state index is 0.181. The van der Waals surface area contributed by atoms with Crippen molar-refractivity contribution < 1.29 is 4.39 Å². The minimum Gasteiger partial charge on any atom is -0.385 e. The summed E-state index contributed by atoms with van der Waals surface area (Å²) in [4.78, 5) is 2.34. The van der Waals surface area contributed by atoms with Gasteiger partial charge in [0.25, 0.3) is 0 Å². The van der Waals surface area contributed by atoms with Crippen LogP contribution in [0, 0.1) is 11.7 Å². The first-order chi connectivity index (χ1) is 8.65. The molecular formula is C15H21FN2. The Labute approximate surface area is 108 Å². The van der Waals surface area contributed by atoms with E-state index in [1.54, 1.807) is 12.1 Å². The second kappa shape index (κ2) is 6.01. The highest BCUT2D eigenvalue weighted by Gasteiger charge is 2.18. The van der Waals surface area contributed by atoms with Crippen molar-refractivity contribution >= 4 is 0 Å². The molecule has 0 spiro atoms. The van der Waals surface area contributed by atoms with Crippen LogP contribution in [0.3, 0.4) is 0 Å². The Morgan fingerprint density at radius 3 is 2.83 bits per heavy atom. The molecule has 0 aliphatic carbocycles. The topological polar surface area (TPSA) is 15.3 Å². The van der Waals surface area contributed by atoms with E-state index in [1.165, 1.54) is 6.07 Å². The predicted octanol–water partition coefficient (Wildman–Crippen LogP) is 2.77. The number of hydrogen-bond donors (Lipinski definition) is 1. The fourth-order valence-corrected chi connectivity index (χ4v) is 2.36. The molecule has 0 amide bonds. The van der Waals surface area contributed by atoms with Crippen LogP contribution in [0.25, 0.3) is 0 Å². The van der Waals surface area contributed by atoms with Gasteiger partial charge in [-0.05, 0) is 50.7 Å². The average molecular weight is 248 g/mol. The van der Waals surface area contributed by atoms with E-state index in [1.807, 2.05) is 6.07 Å². The van der Waals surface area contributed by atoms with Gasteiger partial charge in [0.05, 0.1) is 0 Å². The van der Waals surface area contributed by atoms with Gasteiger partial charge in [0.2, 0.25) is 0 Å². The maximum atomic E-state index is 13.0. The fourth-order valence-electron chi connectivity index (χ4n) is 2.36. The number of allylic oxidation sites excluding steroid dienone is 1. The van der Waals surface area contributed by atoms with Crippen LogP contribution < -0.4 is 5.32 Å². The predicted molar refractivity (Wildman–Crippen MR) is 72.6 cm³/mol. The molecule has 2 rings (SSSR count). The quantitative estimate of drug-likeness (QED) is 0.881. The molecule has 1 N–H and O–H groups in total. The lowest BCUT2D eigenvalue weighted by molar-refractivity contribution is 0.233. The van der Waals surface area contributed by atoms with Crippen molar-refractivity contribution in [3.05, 3.63) is 47.9 Å². The van der Waals surface area contributed by atoms with E-state index in [-0.39, 0.29) is 5.82 Å². The second-order valence-electron chi connectivity index (χ2n) is 5.09. The molecule has 1 aliphatic heterocycles. The summed E-state index contributed by atoms with van der Waals surface area (Å²) in [6.07, 6.45) is 2.32. The first-order valence-corrected chi connectivity index (χ1v) is 6.51. The Morgan fingerprint density at radius 2 is 2.17 bits per heavy atom. The van der Waals surface area contributed by atoms with E-state index in [0.29, 0.717) is 12.5 Å². The number of benzene rings is 1. The summed E-state index contributed by atoms with van der Waals surface area (Å²) in [6, 6.07) is 6.70. The van der Waals surface area contributed by atoms with E-state index in [0.717, 1.165) is 37.2 Å². The molecule has 2 nitrogen and oxygen atoms in total. The van der Waals surface area contributed by atoms with Crippen molar-refractivity contribution in [1.82, 2.24) is 10.2 Å². The maximum absolute atomic E-state index is 13.0. The van der Waals surface area contributed by atoms with Gasteiger partial charge in [-0.1, -0.05) is 18.7 Å². The monoisotopic (exact) mass is 248 g/mol. The molecule has 1 saturated heterocycles. The molecule has 1 aromatic carbocycles. The van der Waals surface area contributed by atoms with Gasteiger partial charge in [0.1, 0.15) is 5.82 Å². The zero-order valence-corrected chi connectivity index (χ0v) is 11.0. The normalized spacial score (nSPS) is 17.7. The van der Waals surface area contributed by atoms with Gasteiger partial charge in [0.15, 0.2) is 0 Å². The summed E-state index contributed by atoms with van der Waals surface area (Å²) in [5, 5.41) is 3.33. The summed E-state index contributed by atoms with van der Waals surface area (Å²) < 4.78 is 13.0. The molecule has 1 aliphatic rings. The van der Waals surface area contributed by atoms with Gasteiger partial charge >= 0.3 is 0 Å². The fraction of sp³-hybridized carbons (Fsp3) is 0.467. The third-order valence-corrected chi connectivity index (χ3v) is 3.62. The van der Waals surface area contributed by atoms with E-state index < -0.39 is 0 Å². The molecule has 1 fully saturated rings. The molecule has 3 heteroatoms. The third-order valence-electron chi connectivity index (χ3n) is 3.62. The van der Waals surface area contributed by atoms with E-state index in [2.05, 4.69) is 23.8 Å². The van der Waals surface area contributed by atoms with Crippen LogP contribution in [0.1, 0.15) is 18.4 Å². The Balaban J connectivity index is 1.81. The van der Waals surface area contributed by atoms with Crippen molar-refractivity contribution in [3.63, 3.8) is 0 Å². The minimum atomic E-state index is -0.181. The molecule has 0 aromatic heterocycles. The SMILES string of the molecule is C=C(NCc1cccc(F)c1)C1CCN(C)CC1. The molecule has 0 saturated carbocycles. The summed E-state index contributed by atoms with van der Waals surface area (Å²) in [5.41, 5.74) is 2.05. The molecule has 0 unspecified atom stereocenters. The number of nitrogens with zero attached hydrogens (tertiary/aromatic N) is 1. The number of nitrogens with one attached hydrogen (secondary N) is 1. The molecule has 98 valence electrons. The molecule has 0 bridgehead atoms. The van der Waals surface area contributed by atoms with Crippen molar-refractivity contribution in [1.29, 1.82) is 0 Å². The zero-order valence-electron chi connectivity index (χ0n) is 11.0. The molecule has 1 heterocycles. The lowest BCUT2D eigenvalue weighted by Crippen LogP contribution is -2.33. The molecule has 0 atom stereocenters. The van der Waals surface area contributed by atoms with Crippen molar-refractivity contribution in [3.8, 4) is 0 Å². The number of likely N-dealkylation sites (tertiary alicyclic amines) is 1. The lowest BCUT2D eigenvalue weighted by atomic mass is 9.94. The highest BCUT2D eigenvalue weighted by Crippen LogP contribution is 2.21. The van der Waals surface area contributed by atoms with E-state index in [9.17, 15) is 4.39 Å². The van der Waals surface area contributed by atoms with Gasteiger partial charge < -0.3 is 10.2 Å². The van der Waals surface area contributed by atoms with Gasteiger partial charge in [-0.15, -0.1) is 0 Å². The Hall–Kier alpha value is -1.35. The first-order valence-electron chi connectivity index (χ1n) is 6.51. The standard InChI is InChI=1S/C15H21FN2/c1-12(14-6-8-18(2)9-7-14)17-11-13-4-3-5-15(16)10-13/h3-5,10,14,17H,1,6-9,11H2,2H3. The van der Waals surface area contributed by atoms with Crippen LogP contribution in [0.5, 0.6) is 0 Å². The number of hydrogen-bond acceptors (Lipinski definition) is 2. The van der Waals surface area contributed by atoms with Gasteiger partial charge in [-0.2, -0.15) is 0 Å². The molecule has 1 aromatic rings. The summed E-state index contributed by atoms with van der Waals surface area (Å²) in [5.74, 6) is 0.369. The molecular weight excluding hydrogens is 227 g/mol. The van der Waals surface area contributed by atoms with E-state index >= 15 is 0 Å². The van der Waals surface area contributed by atoms with Crippen LogP contribution >= 0.6 is 0 Å². The number of halogens is 1. The second-order valence-corrected chi connectivity index (χ2v) is 5.09. The van der Waals surface area contributed by atoms with Gasteiger partial charge in [-0.3, -0.25) is 0 Å². The first kappa shape index (κ1) is 13.1. The Kier molecular flexibility index (Phi) is 4.37. The van der Waals surface area contributed by atoms with Crippen molar-refractivity contribution in [2.45, 2.75) is 19.4 Å². The zero-order chi connectivity index (χ0) is 13.0. The third kappa shape index (κ3) is 3.57. The van der Waals surface area contributed by atoms with Gasteiger partial charge in [-0.25, -0.2) is 4.39 Å². The van der Waals surface area contributed by atoms with Crippen molar-refractivity contribution in [2.75, 3.05) is 20.1 Å². The lowest BCUT2D eigenvalue weighted by Gasteiger charge is -2.30. The van der Waals surface area contributed by atoms with Crippen LogP contribution in [-0.2, 0) is 6.54 Å². The highest BCUT2D eigenvalue weighted by molar-refractivity contribution is 5.17. The van der Waals surface area contributed by atoms with Crippen LogP contribution in [-0.4, -0.2) is 25.0 Å². The summed E-state index contributed by atoms with van der Waals surface area (Å²) >= 11 is 0. The van der Waals surface area contributed by atoms with Crippen LogP contribution in [0.2, 0.25) is 0 Å². The number of rotatable bonds is 4. The summed E-state index contributed by atoms with van der Waals surface area (Å²) in [7, 11) is 2.15. The maximum Gasteiger partial charge on any atom is 0.123 e. The smallest absolute Gasteiger partial charge is 0.123 e. The number of piperidine rings is 1. The largest absolute Gasteiger partial charge is 0.385 e. The highest BCUT2D eigenvalue weighted by atomic mass is 19.1. The summed E-state index contributed by atoms with van der Waals surface area (Å²) in [6.45, 7) is 7.03. The molecule has 18 heavy (non-hydrogen) atoms. The van der Waals surface area contributed by atoms with Crippen LogP contribution in [0.4, 0.5) is 4.39 Å². The Bertz CT molecular complexity index is 409. The van der Waals surface area contributed by atoms with Gasteiger partial charge in [0, 0.05) is 18.2 Å². The van der Waals surface area contributed by atoms with Crippen LogP contribution in [0.15, 0.2) is 36.5 Å². The Morgan fingerprint density at radius 1 is 1.44 bits per heavy atom. The van der Waals surface area contributed by atoms with E-state index in [4.69, 9.17) is 0 Å². The molecule has 0 radical (unpaired) electrons. The average Bonchev–Trinajstić information content (AvgIpc) is 2.37.